The lowest BCUT2D eigenvalue weighted by molar-refractivity contribution is -0.415. The molecule has 1 heterocycles. The first-order valence-electron chi connectivity index (χ1n) is 7.24. The van der Waals surface area contributed by atoms with Crippen LogP contribution in [0.5, 0.6) is 0 Å². The molecule has 0 bridgehead atoms. The van der Waals surface area contributed by atoms with Gasteiger partial charge in [0, 0.05) is 25.2 Å². The topological polar surface area (TPSA) is 91.5 Å². The van der Waals surface area contributed by atoms with Crippen molar-refractivity contribution >= 4 is 17.8 Å². The molecule has 2 N–H and O–H groups in total. The molecule has 0 aromatic rings. The van der Waals surface area contributed by atoms with Crippen molar-refractivity contribution in [2.75, 3.05) is 26.3 Å². The Morgan fingerprint density at radius 3 is 2.48 bits per heavy atom. The Bertz CT molecular complexity index is 416. The lowest BCUT2D eigenvalue weighted by Crippen LogP contribution is -2.46. The zero-order valence-corrected chi connectivity index (χ0v) is 12.6. The van der Waals surface area contributed by atoms with Gasteiger partial charge in [0.25, 0.3) is 0 Å². The summed E-state index contributed by atoms with van der Waals surface area (Å²) < 4.78 is 5.36. The number of hydrogen-bond donors (Lipinski definition) is 2. The normalized spacial score (nSPS) is 28.6. The second kappa shape index (κ2) is 7.72. The minimum atomic E-state index is -0.637. The standard InChI is InChI=1S/C13H21ClN4O3/c14-13(12(9-15)18(19)20)16-10-1-3-11(4-2-10)17-5-7-21-8-6-17/h9-11,15-16H,1-8H2/b13-12+,15-9?. The van der Waals surface area contributed by atoms with Crippen molar-refractivity contribution in [2.24, 2.45) is 0 Å². The number of ether oxygens (including phenoxy) is 1. The van der Waals surface area contributed by atoms with Crippen molar-refractivity contribution in [3.63, 3.8) is 0 Å². The number of morpholine rings is 1. The summed E-state index contributed by atoms with van der Waals surface area (Å²) in [6.45, 7) is 3.59. The fourth-order valence-electron chi connectivity index (χ4n) is 2.98. The fraction of sp³-hybridized carbons (Fsp3) is 0.769. The first kappa shape index (κ1) is 16.2. The molecule has 2 fully saturated rings. The van der Waals surface area contributed by atoms with Gasteiger partial charge in [0.2, 0.25) is 0 Å². The van der Waals surface area contributed by atoms with Crippen LogP contribution in [0.2, 0.25) is 0 Å². The van der Waals surface area contributed by atoms with Crippen molar-refractivity contribution in [2.45, 2.75) is 37.8 Å². The van der Waals surface area contributed by atoms with Crippen molar-refractivity contribution in [3.8, 4) is 0 Å². The summed E-state index contributed by atoms with van der Waals surface area (Å²) in [6, 6.07) is 0.720. The maximum Gasteiger partial charge on any atom is 0.321 e. The van der Waals surface area contributed by atoms with Crippen LogP contribution >= 0.6 is 11.6 Å². The molecule has 1 saturated heterocycles. The summed E-state index contributed by atoms with van der Waals surface area (Å²) in [4.78, 5) is 12.6. The number of hydrogen-bond acceptors (Lipinski definition) is 6. The van der Waals surface area contributed by atoms with Gasteiger partial charge in [0.05, 0.1) is 24.4 Å². The highest BCUT2D eigenvalue weighted by Gasteiger charge is 2.28. The molecule has 0 unspecified atom stereocenters. The van der Waals surface area contributed by atoms with E-state index >= 15 is 0 Å². The number of nitrogens with one attached hydrogen (secondary N) is 2. The minimum absolute atomic E-state index is 0.0372. The third-order valence-electron chi connectivity index (χ3n) is 4.15. The van der Waals surface area contributed by atoms with Crippen molar-refractivity contribution in [1.82, 2.24) is 10.2 Å². The average Bonchev–Trinajstić information content (AvgIpc) is 2.49. The van der Waals surface area contributed by atoms with E-state index in [4.69, 9.17) is 21.7 Å². The predicted octanol–water partition coefficient (Wildman–Crippen LogP) is 1.55. The molecule has 1 aliphatic heterocycles. The zero-order valence-electron chi connectivity index (χ0n) is 11.9. The Kier molecular flexibility index (Phi) is 5.96. The Balaban J connectivity index is 1.83. The Labute approximate surface area is 128 Å². The molecular weight excluding hydrogens is 296 g/mol. The molecule has 0 spiro atoms. The first-order valence-corrected chi connectivity index (χ1v) is 7.62. The van der Waals surface area contributed by atoms with E-state index in [0.717, 1.165) is 52.0 Å². The second-order valence-corrected chi connectivity index (χ2v) is 5.78. The summed E-state index contributed by atoms with van der Waals surface area (Å²) in [6.07, 6.45) is 4.65. The van der Waals surface area contributed by atoms with Crippen LogP contribution in [0.3, 0.4) is 0 Å². The maximum atomic E-state index is 10.7. The van der Waals surface area contributed by atoms with Gasteiger partial charge in [0.15, 0.2) is 5.16 Å². The number of nitro groups is 1. The largest absolute Gasteiger partial charge is 0.379 e. The average molecular weight is 317 g/mol. The Morgan fingerprint density at radius 1 is 1.33 bits per heavy atom. The van der Waals surface area contributed by atoms with Crippen LogP contribution in [0.4, 0.5) is 0 Å². The molecule has 0 aromatic heterocycles. The van der Waals surface area contributed by atoms with E-state index in [1.807, 2.05) is 0 Å². The number of nitrogens with zero attached hydrogens (tertiary/aromatic N) is 2. The van der Waals surface area contributed by atoms with Crippen LogP contribution in [0, 0.1) is 15.5 Å². The van der Waals surface area contributed by atoms with Gasteiger partial charge in [0.1, 0.15) is 0 Å². The molecule has 0 aromatic carbocycles. The molecule has 1 aliphatic carbocycles. The molecule has 8 heteroatoms. The number of rotatable bonds is 5. The monoisotopic (exact) mass is 316 g/mol. The van der Waals surface area contributed by atoms with E-state index in [2.05, 4.69) is 10.2 Å². The van der Waals surface area contributed by atoms with Gasteiger partial charge in [-0.1, -0.05) is 11.6 Å². The SMILES string of the molecule is N=C/C(=C(/Cl)NC1CCC(N2CCOCC2)CC1)[N+](=O)[O-]. The molecule has 7 nitrogen and oxygen atoms in total. The minimum Gasteiger partial charge on any atom is -0.379 e. The number of allylic oxidation sites excluding steroid dienone is 1. The molecule has 1 saturated carbocycles. The Morgan fingerprint density at radius 2 is 1.95 bits per heavy atom. The summed E-state index contributed by atoms with van der Waals surface area (Å²) in [5.41, 5.74) is -0.382. The zero-order chi connectivity index (χ0) is 15.2. The van der Waals surface area contributed by atoms with Crippen molar-refractivity contribution < 1.29 is 9.66 Å². The number of halogens is 1. The Hall–Kier alpha value is -1.18. The van der Waals surface area contributed by atoms with Crippen LogP contribution in [0.1, 0.15) is 25.7 Å². The van der Waals surface area contributed by atoms with Crippen LogP contribution in [-0.2, 0) is 4.74 Å². The first-order chi connectivity index (χ1) is 10.1. The maximum absolute atomic E-state index is 10.7. The molecule has 0 amide bonds. The van der Waals surface area contributed by atoms with E-state index in [9.17, 15) is 10.1 Å². The van der Waals surface area contributed by atoms with Gasteiger partial charge >= 0.3 is 5.70 Å². The smallest absolute Gasteiger partial charge is 0.321 e. The summed E-state index contributed by atoms with van der Waals surface area (Å²) in [7, 11) is 0. The highest BCUT2D eigenvalue weighted by molar-refractivity contribution is 6.30. The molecule has 2 rings (SSSR count). The third-order valence-corrected chi connectivity index (χ3v) is 4.45. The van der Waals surface area contributed by atoms with Gasteiger partial charge in [-0.15, -0.1) is 0 Å². The molecular formula is C13H21ClN4O3. The van der Waals surface area contributed by atoms with E-state index < -0.39 is 4.92 Å². The second-order valence-electron chi connectivity index (χ2n) is 5.40. The van der Waals surface area contributed by atoms with Gasteiger partial charge in [-0.05, 0) is 25.7 Å². The van der Waals surface area contributed by atoms with E-state index in [0.29, 0.717) is 12.3 Å². The lowest BCUT2D eigenvalue weighted by Gasteiger charge is -2.38. The van der Waals surface area contributed by atoms with Gasteiger partial charge in [-0.2, -0.15) is 0 Å². The van der Waals surface area contributed by atoms with Crippen LogP contribution in [0.25, 0.3) is 0 Å². The van der Waals surface area contributed by atoms with Crippen molar-refractivity contribution in [3.05, 3.63) is 21.0 Å². The van der Waals surface area contributed by atoms with Crippen molar-refractivity contribution in [1.29, 1.82) is 5.41 Å². The van der Waals surface area contributed by atoms with Crippen LogP contribution in [-0.4, -0.2) is 54.4 Å². The van der Waals surface area contributed by atoms with Gasteiger partial charge in [-0.3, -0.25) is 15.0 Å². The third kappa shape index (κ3) is 4.39. The summed E-state index contributed by atoms with van der Waals surface area (Å²) >= 11 is 5.91. The predicted molar refractivity (Wildman–Crippen MR) is 80.2 cm³/mol. The fourth-order valence-corrected chi connectivity index (χ4v) is 3.26. The molecule has 0 radical (unpaired) electrons. The van der Waals surface area contributed by atoms with Gasteiger partial charge in [-0.25, -0.2) is 0 Å². The molecule has 21 heavy (non-hydrogen) atoms. The molecule has 118 valence electrons. The molecule has 2 aliphatic rings. The highest BCUT2D eigenvalue weighted by Crippen LogP contribution is 2.25. The van der Waals surface area contributed by atoms with E-state index in [1.165, 1.54) is 0 Å². The quantitative estimate of drug-likeness (QED) is 0.347. The summed E-state index contributed by atoms with van der Waals surface area (Å²) in [5, 5.41) is 20.7. The van der Waals surface area contributed by atoms with E-state index in [-0.39, 0.29) is 16.9 Å². The van der Waals surface area contributed by atoms with Crippen LogP contribution in [0.15, 0.2) is 10.9 Å². The lowest BCUT2D eigenvalue weighted by atomic mass is 9.90. The highest BCUT2D eigenvalue weighted by atomic mass is 35.5. The summed E-state index contributed by atoms with van der Waals surface area (Å²) in [5.74, 6) is 0. The van der Waals surface area contributed by atoms with Crippen LogP contribution < -0.4 is 5.32 Å². The molecule has 0 atom stereocenters. The van der Waals surface area contributed by atoms with Gasteiger partial charge < -0.3 is 15.5 Å². The van der Waals surface area contributed by atoms with E-state index in [1.54, 1.807) is 0 Å².